The van der Waals surface area contributed by atoms with Crippen molar-refractivity contribution >= 4 is 27.6 Å². The third-order valence-electron chi connectivity index (χ3n) is 10.1. The molecule has 2 heterocycles. The number of rotatable bonds is 4. The van der Waals surface area contributed by atoms with Crippen molar-refractivity contribution in [3.05, 3.63) is 175 Å². The van der Waals surface area contributed by atoms with Gasteiger partial charge in [0, 0.05) is 33.0 Å². The molecule has 226 valence electrons. The summed E-state index contributed by atoms with van der Waals surface area (Å²) >= 11 is 0. The van der Waals surface area contributed by atoms with Crippen LogP contribution in [0.4, 0.5) is 0 Å². The minimum absolute atomic E-state index is 0.931. The molecule has 0 amide bonds. The lowest BCUT2D eigenvalue weighted by Crippen LogP contribution is -2.11. The molecular formula is C46H31NO. The summed E-state index contributed by atoms with van der Waals surface area (Å²) in [4.78, 5) is 0. The third kappa shape index (κ3) is 4.13. The Labute approximate surface area is 279 Å². The number of aryl methyl sites for hydroxylation is 1. The van der Waals surface area contributed by atoms with Crippen LogP contribution in [0.5, 0.6) is 5.75 Å². The lowest BCUT2D eigenvalue weighted by Gasteiger charge is -2.28. The van der Waals surface area contributed by atoms with Crippen molar-refractivity contribution in [2.45, 2.75) is 12.8 Å². The maximum absolute atomic E-state index is 6.46. The monoisotopic (exact) mass is 613 g/mol. The summed E-state index contributed by atoms with van der Waals surface area (Å²) in [6.07, 6.45) is 4.33. The normalized spacial score (nSPS) is 13.1. The minimum atomic E-state index is 0.931. The van der Waals surface area contributed by atoms with Crippen LogP contribution in [0.1, 0.15) is 17.5 Å². The van der Waals surface area contributed by atoms with Crippen LogP contribution in [-0.2, 0) is 6.42 Å². The van der Waals surface area contributed by atoms with Gasteiger partial charge in [-0.05, 0) is 82.6 Å². The smallest absolute Gasteiger partial charge is 0.135 e. The van der Waals surface area contributed by atoms with Gasteiger partial charge in [0.15, 0.2) is 0 Å². The van der Waals surface area contributed by atoms with Gasteiger partial charge in [0.05, 0.1) is 16.7 Å². The highest BCUT2D eigenvalue weighted by atomic mass is 16.5. The first-order valence-electron chi connectivity index (χ1n) is 16.7. The van der Waals surface area contributed by atoms with E-state index in [2.05, 4.69) is 168 Å². The fraction of sp³-hybridized carbons (Fsp3) is 0.0435. The van der Waals surface area contributed by atoms with E-state index >= 15 is 0 Å². The fourth-order valence-electron chi connectivity index (χ4n) is 7.88. The zero-order chi connectivity index (χ0) is 31.6. The predicted molar refractivity (Wildman–Crippen MR) is 199 cm³/mol. The Balaban J connectivity index is 1.20. The molecule has 0 unspecified atom stereocenters. The van der Waals surface area contributed by atoms with Crippen molar-refractivity contribution in [1.29, 1.82) is 0 Å². The number of aromatic nitrogens is 1. The Bertz CT molecular complexity index is 2510. The molecule has 2 heteroatoms. The molecule has 48 heavy (non-hydrogen) atoms. The van der Waals surface area contributed by atoms with Crippen LogP contribution < -0.4 is 4.74 Å². The number of hydrogen-bond acceptors (Lipinski definition) is 1. The number of benzene rings is 7. The van der Waals surface area contributed by atoms with Crippen LogP contribution in [-0.4, -0.2) is 4.57 Å². The van der Waals surface area contributed by atoms with Crippen molar-refractivity contribution in [2.75, 3.05) is 0 Å². The Morgan fingerprint density at radius 3 is 1.90 bits per heavy atom. The van der Waals surface area contributed by atoms with Crippen molar-refractivity contribution in [3.63, 3.8) is 0 Å². The van der Waals surface area contributed by atoms with E-state index in [0.29, 0.717) is 0 Å². The zero-order valence-corrected chi connectivity index (χ0v) is 26.4. The van der Waals surface area contributed by atoms with Crippen molar-refractivity contribution in [2.24, 2.45) is 0 Å². The average Bonchev–Trinajstić information content (AvgIpc) is 3.49. The van der Waals surface area contributed by atoms with Crippen LogP contribution in [0.25, 0.3) is 77.8 Å². The highest BCUT2D eigenvalue weighted by Crippen LogP contribution is 2.47. The Kier molecular flexibility index (Phi) is 6.04. The zero-order valence-electron chi connectivity index (χ0n) is 26.4. The Morgan fingerprint density at radius 1 is 0.458 bits per heavy atom. The summed E-state index contributed by atoms with van der Waals surface area (Å²) in [5.41, 5.74) is 15.8. The molecule has 2 aliphatic rings. The second-order valence-electron chi connectivity index (χ2n) is 12.8. The first-order chi connectivity index (χ1) is 23.8. The maximum Gasteiger partial charge on any atom is 0.135 e. The van der Waals surface area contributed by atoms with E-state index in [1.54, 1.807) is 0 Å². The SMILES string of the molecule is C1=C2Oc3ccc(-c4ccc5c(c4)c4ccccc4n5-c4c(-c5ccccc5)cccc4-c4ccccc4)cc3-c3cccc(c32)CC1. The molecule has 0 N–H and O–H groups in total. The molecule has 1 aliphatic heterocycles. The van der Waals surface area contributed by atoms with E-state index in [1.807, 2.05) is 0 Å². The Morgan fingerprint density at radius 2 is 1.10 bits per heavy atom. The van der Waals surface area contributed by atoms with Crippen molar-refractivity contribution in [3.8, 4) is 55.9 Å². The molecule has 0 saturated heterocycles. The maximum atomic E-state index is 6.46. The molecule has 2 nitrogen and oxygen atoms in total. The molecule has 1 aromatic heterocycles. The van der Waals surface area contributed by atoms with Crippen molar-refractivity contribution in [1.82, 2.24) is 4.57 Å². The van der Waals surface area contributed by atoms with E-state index < -0.39 is 0 Å². The molecule has 0 radical (unpaired) electrons. The lowest BCUT2D eigenvalue weighted by atomic mass is 9.86. The Hall–Kier alpha value is -6.12. The lowest BCUT2D eigenvalue weighted by molar-refractivity contribution is 0.505. The van der Waals surface area contributed by atoms with Gasteiger partial charge in [-0.3, -0.25) is 0 Å². The van der Waals surface area contributed by atoms with Crippen LogP contribution >= 0.6 is 0 Å². The molecule has 8 aromatic rings. The van der Waals surface area contributed by atoms with Gasteiger partial charge in [-0.2, -0.15) is 0 Å². The van der Waals surface area contributed by atoms with E-state index in [0.717, 1.165) is 29.9 Å². The number of hydrogen-bond donors (Lipinski definition) is 0. The van der Waals surface area contributed by atoms with Gasteiger partial charge in [0.1, 0.15) is 11.5 Å². The van der Waals surface area contributed by atoms with Gasteiger partial charge in [0.2, 0.25) is 0 Å². The molecule has 0 spiro atoms. The second kappa shape index (κ2) is 10.7. The predicted octanol–water partition coefficient (Wildman–Crippen LogP) is 12.1. The van der Waals surface area contributed by atoms with Gasteiger partial charge >= 0.3 is 0 Å². The molecule has 0 atom stereocenters. The molecule has 0 saturated carbocycles. The van der Waals surface area contributed by atoms with Crippen molar-refractivity contribution < 1.29 is 4.74 Å². The summed E-state index contributed by atoms with van der Waals surface area (Å²) < 4.78 is 8.94. The van der Waals surface area contributed by atoms with Gasteiger partial charge in [-0.15, -0.1) is 0 Å². The number of nitrogens with zero attached hydrogens (tertiary/aromatic N) is 1. The van der Waals surface area contributed by atoms with Gasteiger partial charge in [-0.25, -0.2) is 0 Å². The van der Waals surface area contributed by atoms with E-state index in [1.165, 1.54) is 77.6 Å². The number of allylic oxidation sites excluding steroid dienone is 1. The van der Waals surface area contributed by atoms with Crippen LogP contribution in [0.3, 0.4) is 0 Å². The van der Waals surface area contributed by atoms with Gasteiger partial charge in [0.25, 0.3) is 0 Å². The standard InChI is InChI=1S/C46H31NO/c1-3-12-30(13-4-1)35-19-11-20-36(31-14-5-2-6-15-31)46(35)47-41-22-8-7-18-37(41)39-28-33(24-26-42(39)47)34-25-27-43-40(29-34)38-21-9-16-32-17-10-23-44(48-43)45(32)38/h1-9,11-16,18-29H,10,17H2. The quantitative estimate of drug-likeness (QED) is 0.193. The summed E-state index contributed by atoms with van der Waals surface area (Å²) in [6.45, 7) is 0. The number of ether oxygens (including phenoxy) is 1. The molecule has 1 aliphatic carbocycles. The van der Waals surface area contributed by atoms with Gasteiger partial charge < -0.3 is 9.30 Å². The first-order valence-corrected chi connectivity index (χ1v) is 16.7. The summed E-state index contributed by atoms with van der Waals surface area (Å²) in [7, 11) is 0. The van der Waals surface area contributed by atoms with E-state index in [9.17, 15) is 0 Å². The highest BCUT2D eigenvalue weighted by molar-refractivity contribution is 6.12. The van der Waals surface area contributed by atoms with E-state index in [4.69, 9.17) is 4.74 Å². The summed E-state index contributed by atoms with van der Waals surface area (Å²) in [5, 5.41) is 2.48. The topological polar surface area (TPSA) is 14.2 Å². The summed E-state index contributed by atoms with van der Waals surface area (Å²) in [6, 6.07) is 57.3. The number of fused-ring (bicyclic) bond motifs is 5. The molecular weight excluding hydrogens is 583 g/mol. The second-order valence-corrected chi connectivity index (χ2v) is 12.8. The average molecular weight is 614 g/mol. The molecule has 10 rings (SSSR count). The summed E-state index contributed by atoms with van der Waals surface area (Å²) in [5.74, 6) is 1.94. The molecule has 0 fully saturated rings. The van der Waals surface area contributed by atoms with E-state index in [-0.39, 0.29) is 0 Å². The fourth-order valence-corrected chi connectivity index (χ4v) is 7.88. The molecule has 0 bridgehead atoms. The third-order valence-corrected chi connectivity index (χ3v) is 10.1. The number of para-hydroxylation sites is 2. The molecule has 7 aromatic carbocycles. The van der Waals surface area contributed by atoms with Crippen LogP contribution in [0, 0.1) is 0 Å². The first kappa shape index (κ1) is 27.0. The minimum Gasteiger partial charge on any atom is -0.456 e. The van der Waals surface area contributed by atoms with Crippen LogP contribution in [0.15, 0.2) is 164 Å². The largest absolute Gasteiger partial charge is 0.456 e. The highest BCUT2D eigenvalue weighted by Gasteiger charge is 2.27. The van der Waals surface area contributed by atoms with Gasteiger partial charge in [-0.1, -0.05) is 127 Å². The van der Waals surface area contributed by atoms with Crippen LogP contribution in [0.2, 0.25) is 0 Å².